The van der Waals surface area contributed by atoms with Crippen molar-refractivity contribution in [1.82, 2.24) is 9.88 Å². The highest BCUT2D eigenvalue weighted by Gasteiger charge is 2.05. The maximum atomic E-state index is 5.81. The van der Waals surface area contributed by atoms with E-state index < -0.39 is 0 Å². The molecular weight excluding hydrogens is 208 g/mol. The monoisotopic (exact) mass is 226 g/mol. The third-order valence-electron chi connectivity index (χ3n) is 1.95. The molecule has 0 spiro atoms. The molecule has 1 aromatic heterocycles. The largest absolute Gasteiger partial charge is 0.370 e. The molecule has 2 N–H and O–H groups in total. The highest BCUT2D eigenvalue weighted by Crippen LogP contribution is 2.09. The summed E-state index contributed by atoms with van der Waals surface area (Å²) in [6.07, 6.45) is 1.02. The summed E-state index contributed by atoms with van der Waals surface area (Å²) in [7, 11) is 1.93. The van der Waals surface area contributed by atoms with E-state index in [4.69, 9.17) is 5.73 Å². The second kappa shape index (κ2) is 5.70. The summed E-state index contributed by atoms with van der Waals surface area (Å²) in [6.45, 7) is 5.60. The Balaban J connectivity index is 2.51. The Morgan fingerprint density at radius 1 is 1.67 bits per heavy atom. The number of hydrogen-bond acceptors (Lipinski definition) is 3. The van der Waals surface area contributed by atoms with Gasteiger partial charge in [0.1, 0.15) is 0 Å². The molecule has 0 aliphatic carbocycles. The van der Waals surface area contributed by atoms with E-state index in [0.29, 0.717) is 5.96 Å². The maximum absolute atomic E-state index is 5.81. The summed E-state index contributed by atoms with van der Waals surface area (Å²) in [5, 5.41) is 3.14. The van der Waals surface area contributed by atoms with Gasteiger partial charge in [0.15, 0.2) is 5.96 Å². The van der Waals surface area contributed by atoms with Gasteiger partial charge in [-0.05, 0) is 13.3 Å². The van der Waals surface area contributed by atoms with Crippen LogP contribution in [0.3, 0.4) is 0 Å². The number of aromatic nitrogens is 1. The molecule has 0 unspecified atom stereocenters. The quantitative estimate of drug-likeness (QED) is 0.627. The van der Waals surface area contributed by atoms with E-state index in [2.05, 4.69) is 22.3 Å². The van der Waals surface area contributed by atoms with Gasteiger partial charge in [0, 0.05) is 19.0 Å². The highest BCUT2D eigenvalue weighted by atomic mass is 32.1. The number of thiazole rings is 1. The van der Waals surface area contributed by atoms with E-state index in [1.165, 1.54) is 0 Å². The van der Waals surface area contributed by atoms with Gasteiger partial charge in [0.2, 0.25) is 0 Å². The molecule has 0 amide bonds. The molecule has 0 aliphatic rings. The SMILES string of the molecule is CCCN=C(N)N(C)Cc1csc(C)n1. The number of nitrogens with zero attached hydrogens (tertiary/aromatic N) is 3. The minimum Gasteiger partial charge on any atom is -0.370 e. The van der Waals surface area contributed by atoms with Crippen LogP contribution in [0.2, 0.25) is 0 Å². The van der Waals surface area contributed by atoms with Crippen molar-refractivity contribution < 1.29 is 0 Å². The van der Waals surface area contributed by atoms with Crippen LogP contribution in [0.1, 0.15) is 24.0 Å². The lowest BCUT2D eigenvalue weighted by Gasteiger charge is -2.16. The lowest BCUT2D eigenvalue weighted by atomic mass is 10.4. The van der Waals surface area contributed by atoms with Crippen molar-refractivity contribution in [1.29, 1.82) is 0 Å². The Hall–Kier alpha value is -1.10. The van der Waals surface area contributed by atoms with Crippen LogP contribution in [0.25, 0.3) is 0 Å². The Bertz CT molecular complexity index is 332. The lowest BCUT2D eigenvalue weighted by molar-refractivity contribution is 0.485. The summed E-state index contributed by atoms with van der Waals surface area (Å²) in [5.41, 5.74) is 6.86. The predicted octanol–water partition coefficient (Wildman–Crippen LogP) is 1.61. The number of hydrogen-bond donors (Lipinski definition) is 1. The molecule has 4 nitrogen and oxygen atoms in total. The molecule has 84 valence electrons. The third-order valence-corrected chi connectivity index (χ3v) is 2.78. The maximum Gasteiger partial charge on any atom is 0.191 e. The van der Waals surface area contributed by atoms with Crippen LogP contribution in [-0.2, 0) is 6.54 Å². The average molecular weight is 226 g/mol. The molecule has 0 aromatic carbocycles. The van der Waals surface area contributed by atoms with Crippen molar-refractivity contribution in [3.8, 4) is 0 Å². The smallest absolute Gasteiger partial charge is 0.191 e. The molecule has 0 saturated heterocycles. The zero-order valence-electron chi connectivity index (χ0n) is 9.53. The first-order valence-electron chi connectivity index (χ1n) is 5.05. The molecule has 1 heterocycles. The molecule has 0 radical (unpaired) electrons. The van der Waals surface area contributed by atoms with Gasteiger partial charge >= 0.3 is 0 Å². The van der Waals surface area contributed by atoms with Crippen LogP contribution in [0.4, 0.5) is 0 Å². The van der Waals surface area contributed by atoms with Crippen molar-refractivity contribution in [3.05, 3.63) is 16.1 Å². The van der Waals surface area contributed by atoms with E-state index in [1.807, 2.05) is 18.9 Å². The predicted molar refractivity (Wildman–Crippen MR) is 65.1 cm³/mol. The Morgan fingerprint density at radius 3 is 2.93 bits per heavy atom. The Kier molecular flexibility index (Phi) is 4.55. The topological polar surface area (TPSA) is 54.5 Å². The van der Waals surface area contributed by atoms with Crippen LogP contribution < -0.4 is 5.73 Å². The molecule has 15 heavy (non-hydrogen) atoms. The molecule has 0 aliphatic heterocycles. The van der Waals surface area contributed by atoms with E-state index in [-0.39, 0.29) is 0 Å². The van der Waals surface area contributed by atoms with Gasteiger partial charge in [-0.1, -0.05) is 6.92 Å². The minimum atomic E-state index is 0.586. The van der Waals surface area contributed by atoms with Crippen molar-refractivity contribution in [2.75, 3.05) is 13.6 Å². The van der Waals surface area contributed by atoms with Crippen molar-refractivity contribution in [2.45, 2.75) is 26.8 Å². The second-order valence-electron chi connectivity index (χ2n) is 3.45. The van der Waals surface area contributed by atoms with Crippen LogP contribution >= 0.6 is 11.3 Å². The van der Waals surface area contributed by atoms with Crippen molar-refractivity contribution >= 4 is 17.3 Å². The van der Waals surface area contributed by atoms with Crippen molar-refractivity contribution in [2.24, 2.45) is 10.7 Å². The molecular formula is C10H18N4S. The summed E-state index contributed by atoms with van der Waals surface area (Å²) in [5.74, 6) is 0.586. The van der Waals surface area contributed by atoms with E-state index in [9.17, 15) is 0 Å². The highest BCUT2D eigenvalue weighted by molar-refractivity contribution is 7.09. The van der Waals surface area contributed by atoms with E-state index in [1.54, 1.807) is 11.3 Å². The summed E-state index contributed by atoms with van der Waals surface area (Å²) in [4.78, 5) is 10.5. The molecule has 0 fully saturated rings. The number of aliphatic imine (C=N–C) groups is 1. The van der Waals surface area contributed by atoms with Gasteiger partial charge in [-0.25, -0.2) is 4.98 Å². The van der Waals surface area contributed by atoms with E-state index in [0.717, 1.165) is 30.2 Å². The summed E-state index contributed by atoms with van der Waals surface area (Å²) in [6, 6.07) is 0. The fraction of sp³-hybridized carbons (Fsp3) is 0.600. The van der Waals surface area contributed by atoms with Crippen LogP contribution in [0, 0.1) is 6.92 Å². The van der Waals surface area contributed by atoms with Gasteiger partial charge < -0.3 is 10.6 Å². The molecule has 1 rings (SSSR count). The molecule has 0 atom stereocenters. The van der Waals surface area contributed by atoms with Gasteiger partial charge in [-0.3, -0.25) is 4.99 Å². The second-order valence-corrected chi connectivity index (χ2v) is 4.52. The number of aryl methyl sites for hydroxylation is 1. The first kappa shape index (κ1) is 12.0. The van der Waals surface area contributed by atoms with Crippen LogP contribution in [-0.4, -0.2) is 29.4 Å². The van der Waals surface area contributed by atoms with E-state index >= 15 is 0 Å². The van der Waals surface area contributed by atoms with Gasteiger partial charge in [-0.2, -0.15) is 0 Å². The van der Waals surface area contributed by atoms with Gasteiger partial charge in [-0.15, -0.1) is 11.3 Å². The zero-order chi connectivity index (χ0) is 11.3. The number of rotatable bonds is 4. The van der Waals surface area contributed by atoms with Gasteiger partial charge in [0.05, 0.1) is 17.2 Å². The first-order valence-corrected chi connectivity index (χ1v) is 5.93. The molecule has 1 aromatic rings. The fourth-order valence-corrected chi connectivity index (χ4v) is 1.76. The molecule has 5 heteroatoms. The van der Waals surface area contributed by atoms with Crippen LogP contribution in [0.15, 0.2) is 10.4 Å². The summed E-state index contributed by atoms with van der Waals surface area (Å²) < 4.78 is 0. The fourth-order valence-electron chi connectivity index (χ4n) is 1.15. The lowest BCUT2D eigenvalue weighted by Crippen LogP contribution is -2.33. The van der Waals surface area contributed by atoms with Crippen LogP contribution in [0.5, 0.6) is 0 Å². The first-order chi connectivity index (χ1) is 7.13. The number of guanidine groups is 1. The molecule has 0 saturated carbocycles. The van der Waals surface area contributed by atoms with Gasteiger partial charge in [0.25, 0.3) is 0 Å². The average Bonchev–Trinajstić information content (AvgIpc) is 2.60. The molecule has 0 bridgehead atoms. The third kappa shape index (κ3) is 3.87. The standard InChI is InChI=1S/C10H18N4S/c1-4-5-12-10(11)14(3)6-9-7-15-8(2)13-9/h7H,4-6H2,1-3H3,(H2,11,12). The Morgan fingerprint density at radius 2 is 2.40 bits per heavy atom. The summed E-state index contributed by atoms with van der Waals surface area (Å²) >= 11 is 1.66. The normalized spacial score (nSPS) is 11.8. The Labute approximate surface area is 94.8 Å². The zero-order valence-corrected chi connectivity index (χ0v) is 10.3. The number of nitrogens with two attached hydrogens (primary N) is 1. The minimum absolute atomic E-state index is 0.586. The van der Waals surface area contributed by atoms with Crippen molar-refractivity contribution in [3.63, 3.8) is 0 Å².